The fourth-order valence-corrected chi connectivity index (χ4v) is 3.90. The molecule has 0 aliphatic rings. The molecule has 4 aromatic rings. The van der Waals surface area contributed by atoms with E-state index >= 15 is 0 Å². The van der Waals surface area contributed by atoms with Gasteiger partial charge in [-0.05, 0) is 37.6 Å². The molecule has 132 valence electrons. The van der Waals surface area contributed by atoms with Crippen molar-refractivity contribution in [3.8, 4) is 0 Å². The Morgan fingerprint density at radius 2 is 1.96 bits per heavy atom. The quantitative estimate of drug-likeness (QED) is 0.438. The van der Waals surface area contributed by atoms with Crippen LogP contribution in [0.4, 0.5) is 0 Å². The molecular formula is C19H17ClN4OS. The van der Waals surface area contributed by atoms with Crippen LogP contribution < -0.4 is 0 Å². The zero-order chi connectivity index (χ0) is 18.1. The van der Waals surface area contributed by atoms with Gasteiger partial charge in [-0.1, -0.05) is 58.9 Å². The summed E-state index contributed by atoms with van der Waals surface area (Å²) < 4.78 is 7.51. The van der Waals surface area contributed by atoms with Gasteiger partial charge < -0.3 is 9.09 Å². The van der Waals surface area contributed by atoms with Gasteiger partial charge in [-0.15, -0.1) is 0 Å². The number of rotatable bonds is 5. The van der Waals surface area contributed by atoms with Crippen molar-refractivity contribution in [2.24, 2.45) is 0 Å². The second-order valence-corrected chi connectivity index (χ2v) is 7.78. The summed E-state index contributed by atoms with van der Waals surface area (Å²) in [5, 5.41) is 5.46. The molecule has 1 atom stereocenters. The van der Waals surface area contributed by atoms with Crippen LogP contribution in [0.2, 0.25) is 5.02 Å². The first-order valence-electron chi connectivity index (χ1n) is 8.27. The highest BCUT2D eigenvalue weighted by Crippen LogP contribution is 2.36. The van der Waals surface area contributed by atoms with Gasteiger partial charge in [0.15, 0.2) is 11.0 Å². The molecule has 0 saturated heterocycles. The molecule has 0 fully saturated rings. The summed E-state index contributed by atoms with van der Waals surface area (Å²) in [4.78, 5) is 9.13. The fraction of sp³-hybridized carbons (Fsp3) is 0.211. The highest BCUT2D eigenvalue weighted by Gasteiger charge is 2.20. The number of nitrogens with zero attached hydrogens (tertiary/aromatic N) is 4. The van der Waals surface area contributed by atoms with Crippen molar-refractivity contribution in [3.63, 3.8) is 0 Å². The van der Waals surface area contributed by atoms with Gasteiger partial charge in [0.25, 0.3) is 0 Å². The molecule has 5 nitrogen and oxygen atoms in total. The smallest absolute Gasteiger partial charge is 0.239 e. The fourth-order valence-electron chi connectivity index (χ4n) is 2.78. The Morgan fingerprint density at radius 1 is 1.15 bits per heavy atom. The van der Waals surface area contributed by atoms with Gasteiger partial charge in [-0.2, -0.15) is 4.98 Å². The van der Waals surface area contributed by atoms with E-state index in [0.29, 0.717) is 16.7 Å². The second-order valence-electron chi connectivity index (χ2n) is 6.04. The predicted octanol–water partition coefficient (Wildman–Crippen LogP) is 5.28. The van der Waals surface area contributed by atoms with Crippen molar-refractivity contribution in [1.29, 1.82) is 0 Å². The first-order chi connectivity index (χ1) is 12.6. The molecule has 0 spiro atoms. The van der Waals surface area contributed by atoms with Crippen LogP contribution in [0.3, 0.4) is 0 Å². The maximum Gasteiger partial charge on any atom is 0.239 e. The minimum absolute atomic E-state index is 0.00184. The molecule has 7 heteroatoms. The molecule has 2 aromatic heterocycles. The lowest BCUT2D eigenvalue weighted by atomic mass is 10.2. The van der Waals surface area contributed by atoms with Crippen LogP contribution in [-0.4, -0.2) is 19.7 Å². The van der Waals surface area contributed by atoms with Crippen molar-refractivity contribution in [2.75, 3.05) is 0 Å². The van der Waals surface area contributed by atoms with Crippen LogP contribution in [0.25, 0.3) is 11.0 Å². The van der Waals surface area contributed by atoms with Gasteiger partial charge >= 0.3 is 0 Å². The zero-order valence-corrected chi connectivity index (χ0v) is 16.0. The standard InChI is InChI=1S/C19H17ClN4OS/c1-12(18-21-13(2)23-25-18)26-19-22-16-10-15(20)8-9-17(16)24(19)11-14-6-4-3-5-7-14/h3-10,12H,11H2,1-2H3/t12-/m1/s1. The number of fused-ring (bicyclic) bond motifs is 1. The summed E-state index contributed by atoms with van der Waals surface area (Å²) in [5.74, 6) is 1.24. The monoisotopic (exact) mass is 384 g/mol. The SMILES string of the molecule is Cc1noc([C@@H](C)Sc2nc3cc(Cl)ccc3n2Cc2ccccc2)n1. The molecule has 0 N–H and O–H groups in total. The molecule has 0 saturated carbocycles. The Bertz CT molecular complexity index is 1040. The van der Waals surface area contributed by atoms with E-state index in [1.165, 1.54) is 5.56 Å². The third-order valence-electron chi connectivity index (χ3n) is 4.03. The molecule has 26 heavy (non-hydrogen) atoms. The number of aryl methyl sites for hydroxylation is 1. The molecule has 0 amide bonds. The molecule has 2 heterocycles. The maximum absolute atomic E-state index is 6.16. The van der Waals surface area contributed by atoms with Gasteiger partial charge in [0.2, 0.25) is 5.89 Å². The van der Waals surface area contributed by atoms with Gasteiger partial charge in [-0.25, -0.2) is 4.98 Å². The molecular weight excluding hydrogens is 368 g/mol. The summed E-state index contributed by atoms with van der Waals surface area (Å²) in [7, 11) is 0. The number of halogens is 1. The number of imidazole rings is 1. The minimum atomic E-state index is -0.00184. The van der Waals surface area contributed by atoms with Gasteiger partial charge in [-0.3, -0.25) is 0 Å². The Labute approximate surface area is 160 Å². The van der Waals surface area contributed by atoms with Crippen molar-refractivity contribution in [3.05, 3.63) is 70.8 Å². The molecule has 0 bridgehead atoms. The van der Waals surface area contributed by atoms with Gasteiger partial charge in [0, 0.05) is 5.02 Å². The van der Waals surface area contributed by atoms with Crippen molar-refractivity contribution in [1.82, 2.24) is 19.7 Å². The molecule has 4 rings (SSSR count). The third kappa shape index (κ3) is 3.48. The first kappa shape index (κ1) is 17.1. The lowest BCUT2D eigenvalue weighted by Gasteiger charge is -2.11. The minimum Gasteiger partial charge on any atom is -0.338 e. The molecule has 0 unspecified atom stereocenters. The number of aromatic nitrogens is 4. The van der Waals surface area contributed by atoms with E-state index in [1.807, 2.05) is 50.2 Å². The van der Waals surface area contributed by atoms with Crippen molar-refractivity contribution >= 4 is 34.4 Å². The van der Waals surface area contributed by atoms with Crippen LogP contribution in [-0.2, 0) is 6.54 Å². The van der Waals surface area contributed by atoms with E-state index in [1.54, 1.807) is 11.8 Å². The third-order valence-corrected chi connectivity index (χ3v) is 5.34. The largest absolute Gasteiger partial charge is 0.338 e. The lowest BCUT2D eigenvalue weighted by molar-refractivity contribution is 0.376. The van der Waals surface area contributed by atoms with E-state index < -0.39 is 0 Å². The van der Waals surface area contributed by atoms with Crippen LogP contribution >= 0.6 is 23.4 Å². The zero-order valence-electron chi connectivity index (χ0n) is 14.4. The maximum atomic E-state index is 6.16. The summed E-state index contributed by atoms with van der Waals surface area (Å²) in [6.07, 6.45) is 0. The Hall–Kier alpha value is -2.31. The highest BCUT2D eigenvalue weighted by molar-refractivity contribution is 7.99. The number of hydrogen-bond donors (Lipinski definition) is 0. The molecule has 2 aromatic carbocycles. The van der Waals surface area contributed by atoms with Crippen LogP contribution in [0.15, 0.2) is 58.2 Å². The van der Waals surface area contributed by atoms with Crippen LogP contribution in [0.1, 0.15) is 29.5 Å². The first-order valence-corrected chi connectivity index (χ1v) is 9.52. The summed E-state index contributed by atoms with van der Waals surface area (Å²) in [6.45, 7) is 4.59. The van der Waals surface area contributed by atoms with E-state index in [-0.39, 0.29) is 5.25 Å². The molecule has 0 radical (unpaired) electrons. The van der Waals surface area contributed by atoms with Gasteiger partial charge in [0.05, 0.1) is 22.8 Å². The van der Waals surface area contributed by atoms with E-state index in [4.69, 9.17) is 21.1 Å². The van der Waals surface area contributed by atoms with Crippen LogP contribution in [0, 0.1) is 6.92 Å². The highest BCUT2D eigenvalue weighted by atomic mass is 35.5. The lowest BCUT2D eigenvalue weighted by Crippen LogP contribution is -2.02. The average Bonchev–Trinajstić information content (AvgIpc) is 3.20. The Kier molecular flexibility index (Phi) is 4.70. The van der Waals surface area contributed by atoms with Crippen molar-refractivity contribution < 1.29 is 4.52 Å². The molecule has 0 aliphatic heterocycles. The summed E-state index contributed by atoms with van der Waals surface area (Å²) in [6, 6.07) is 16.1. The van der Waals surface area contributed by atoms with Crippen molar-refractivity contribution in [2.45, 2.75) is 30.8 Å². The van der Waals surface area contributed by atoms with E-state index in [9.17, 15) is 0 Å². The number of thioether (sulfide) groups is 1. The van der Waals surface area contributed by atoms with E-state index in [2.05, 4.69) is 26.8 Å². The summed E-state index contributed by atoms with van der Waals surface area (Å²) >= 11 is 7.76. The van der Waals surface area contributed by atoms with Gasteiger partial charge in [0.1, 0.15) is 0 Å². The number of hydrogen-bond acceptors (Lipinski definition) is 5. The normalized spacial score (nSPS) is 12.6. The number of benzene rings is 2. The second kappa shape index (κ2) is 7.13. The Morgan fingerprint density at radius 3 is 2.69 bits per heavy atom. The molecule has 0 aliphatic carbocycles. The Balaban J connectivity index is 1.73. The summed E-state index contributed by atoms with van der Waals surface area (Å²) in [5.41, 5.74) is 3.14. The average molecular weight is 385 g/mol. The van der Waals surface area contributed by atoms with E-state index in [0.717, 1.165) is 22.7 Å². The predicted molar refractivity (Wildman–Crippen MR) is 104 cm³/mol. The van der Waals surface area contributed by atoms with Crippen LogP contribution in [0.5, 0.6) is 0 Å². The topological polar surface area (TPSA) is 56.7 Å².